The number of rotatable bonds is 5. The van der Waals surface area contributed by atoms with Crippen molar-refractivity contribution >= 4 is 11.8 Å². The number of hydrogen-bond acceptors (Lipinski definition) is 6. The third-order valence-corrected chi connectivity index (χ3v) is 7.54. The summed E-state index contributed by atoms with van der Waals surface area (Å²) in [6.07, 6.45) is 1.05. The van der Waals surface area contributed by atoms with Crippen molar-refractivity contribution in [2.75, 3.05) is 6.61 Å². The zero-order valence-electron chi connectivity index (χ0n) is 20.8. The lowest BCUT2D eigenvalue weighted by atomic mass is 9.70. The standard InChI is InChI=1S/C29H33NO5/c1-5-34-26(32)25-24-23-21(16-27(2,3)17-22(23)31)30(18-19-12-8-6-9-13-19)29(24,35-28(25,4)33)20-14-10-7-11-15-20/h6-15,24-25,33H,5,16-18H2,1-4H3. The van der Waals surface area contributed by atoms with Crippen molar-refractivity contribution in [2.24, 2.45) is 17.3 Å². The lowest BCUT2D eigenvalue weighted by molar-refractivity contribution is -0.266. The largest absolute Gasteiger partial charge is 0.466 e. The molecule has 4 atom stereocenters. The van der Waals surface area contributed by atoms with E-state index in [-0.39, 0.29) is 17.8 Å². The number of fused-ring (bicyclic) bond motifs is 2. The Hall–Kier alpha value is -2.96. The van der Waals surface area contributed by atoms with Gasteiger partial charge in [0, 0.05) is 29.8 Å². The molecule has 0 amide bonds. The Bertz CT molecular complexity index is 1170. The van der Waals surface area contributed by atoms with Crippen molar-refractivity contribution < 1.29 is 24.2 Å². The first-order chi connectivity index (χ1) is 16.6. The van der Waals surface area contributed by atoms with Crippen LogP contribution in [0.5, 0.6) is 0 Å². The molecule has 0 spiro atoms. The number of benzene rings is 2. The van der Waals surface area contributed by atoms with Crippen molar-refractivity contribution in [3.63, 3.8) is 0 Å². The summed E-state index contributed by atoms with van der Waals surface area (Å²) in [6.45, 7) is 8.09. The lowest BCUT2D eigenvalue weighted by Crippen LogP contribution is -2.46. The van der Waals surface area contributed by atoms with E-state index >= 15 is 0 Å². The number of ketones is 1. The van der Waals surface area contributed by atoms with Crippen molar-refractivity contribution in [1.29, 1.82) is 0 Å². The number of Topliss-reactive ketones (excluding diaryl/α,β-unsaturated/α-hetero) is 1. The average Bonchev–Trinajstić information content (AvgIpc) is 3.19. The molecular formula is C29H33NO5. The Labute approximate surface area is 206 Å². The molecule has 2 aliphatic heterocycles. The van der Waals surface area contributed by atoms with Gasteiger partial charge in [-0.2, -0.15) is 0 Å². The minimum atomic E-state index is -1.83. The molecule has 5 rings (SSSR count). The predicted molar refractivity (Wildman–Crippen MR) is 130 cm³/mol. The van der Waals surface area contributed by atoms with Crippen molar-refractivity contribution in [3.8, 4) is 0 Å². The van der Waals surface area contributed by atoms with Crippen molar-refractivity contribution in [2.45, 2.75) is 58.6 Å². The van der Waals surface area contributed by atoms with Crippen LogP contribution in [-0.2, 0) is 31.3 Å². The van der Waals surface area contributed by atoms with Gasteiger partial charge in [-0.25, -0.2) is 0 Å². The van der Waals surface area contributed by atoms with E-state index in [1.54, 1.807) is 6.92 Å². The maximum atomic E-state index is 13.8. The van der Waals surface area contributed by atoms with E-state index in [0.717, 1.165) is 16.8 Å². The maximum absolute atomic E-state index is 13.8. The van der Waals surface area contributed by atoms with Crippen LogP contribution in [0.4, 0.5) is 0 Å². The molecule has 2 heterocycles. The molecule has 0 aromatic heterocycles. The van der Waals surface area contributed by atoms with Crippen molar-refractivity contribution in [1.82, 2.24) is 4.90 Å². The normalized spacial score (nSPS) is 31.3. The molecule has 2 aromatic rings. The number of aliphatic hydroxyl groups is 1. The highest BCUT2D eigenvalue weighted by molar-refractivity contribution is 6.00. The van der Waals surface area contributed by atoms with Crippen LogP contribution in [0.2, 0.25) is 0 Å². The molecule has 3 aliphatic rings. The predicted octanol–water partition coefficient (Wildman–Crippen LogP) is 4.53. The Morgan fingerprint density at radius 1 is 1.06 bits per heavy atom. The van der Waals surface area contributed by atoms with Crippen LogP contribution in [-0.4, -0.2) is 34.2 Å². The molecule has 1 aliphatic carbocycles. The SMILES string of the molecule is CCOC(=O)C1C2C3=C(CC(C)(C)CC3=O)N(Cc3ccccc3)C2(c2ccccc2)OC1(C)O. The Morgan fingerprint density at radius 3 is 2.31 bits per heavy atom. The summed E-state index contributed by atoms with van der Waals surface area (Å²) < 4.78 is 12.0. The highest BCUT2D eigenvalue weighted by atomic mass is 16.7. The van der Waals surface area contributed by atoms with Crippen LogP contribution in [0.25, 0.3) is 0 Å². The van der Waals surface area contributed by atoms with Gasteiger partial charge in [0.15, 0.2) is 17.3 Å². The van der Waals surface area contributed by atoms with Gasteiger partial charge in [-0.1, -0.05) is 74.5 Å². The first-order valence-corrected chi connectivity index (χ1v) is 12.3. The smallest absolute Gasteiger partial charge is 0.315 e. The van der Waals surface area contributed by atoms with Gasteiger partial charge in [0.1, 0.15) is 5.92 Å². The summed E-state index contributed by atoms with van der Waals surface area (Å²) in [5.74, 6) is -4.10. The van der Waals surface area contributed by atoms with Gasteiger partial charge in [0.2, 0.25) is 0 Å². The van der Waals surface area contributed by atoms with Gasteiger partial charge in [-0.05, 0) is 31.2 Å². The highest BCUT2D eigenvalue weighted by Gasteiger charge is 2.72. The zero-order chi connectivity index (χ0) is 25.0. The molecule has 1 saturated heterocycles. The number of carbonyl (C=O) groups excluding carboxylic acids is 2. The van der Waals surface area contributed by atoms with E-state index < -0.39 is 29.3 Å². The molecule has 35 heavy (non-hydrogen) atoms. The van der Waals surface area contributed by atoms with E-state index in [9.17, 15) is 14.7 Å². The van der Waals surface area contributed by atoms with E-state index in [1.807, 2.05) is 60.7 Å². The van der Waals surface area contributed by atoms with Gasteiger partial charge >= 0.3 is 5.97 Å². The summed E-state index contributed by atoms with van der Waals surface area (Å²) in [7, 11) is 0. The molecule has 1 N–H and O–H groups in total. The third-order valence-electron chi connectivity index (χ3n) is 7.54. The molecule has 4 unspecified atom stereocenters. The second kappa shape index (κ2) is 8.32. The van der Waals surface area contributed by atoms with Crippen LogP contribution in [0.15, 0.2) is 71.9 Å². The maximum Gasteiger partial charge on any atom is 0.315 e. The summed E-state index contributed by atoms with van der Waals surface area (Å²) >= 11 is 0. The molecule has 0 saturated carbocycles. The fourth-order valence-corrected chi connectivity index (χ4v) is 6.30. The number of allylic oxidation sites excluding steroid dienone is 1. The summed E-state index contributed by atoms with van der Waals surface area (Å²) in [5.41, 5.74) is 1.89. The minimum Gasteiger partial charge on any atom is -0.466 e. The molecular weight excluding hydrogens is 442 g/mol. The number of esters is 1. The first-order valence-electron chi connectivity index (χ1n) is 12.3. The van der Waals surface area contributed by atoms with Gasteiger partial charge in [-0.3, -0.25) is 9.59 Å². The van der Waals surface area contributed by atoms with E-state index in [1.165, 1.54) is 6.92 Å². The van der Waals surface area contributed by atoms with Crippen LogP contribution in [0.3, 0.4) is 0 Å². The molecule has 6 nitrogen and oxygen atoms in total. The molecule has 2 aromatic carbocycles. The average molecular weight is 476 g/mol. The number of ether oxygens (including phenoxy) is 2. The topological polar surface area (TPSA) is 76.1 Å². The van der Waals surface area contributed by atoms with Crippen LogP contribution in [0.1, 0.15) is 51.7 Å². The van der Waals surface area contributed by atoms with E-state index in [2.05, 4.69) is 18.7 Å². The van der Waals surface area contributed by atoms with Crippen molar-refractivity contribution in [3.05, 3.63) is 83.1 Å². The third kappa shape index (κ3) is 3.71. The van der Waals surface area contributed by atoms with Gasteiger partial charge in [0.25, 0.3) is 0 Å². The number of hydrogen-bond donors (Lipinski definition) is 1. The minimum absolute atomic E-state index is 0.00714. The number of carbonyl (C=O) groups is 2. The fourth-order valence-electron chi connectivity index (χ4n) is 6.30. The van der Waals surface area contributed by atoms with Gasteiger partial charge in [0.05, 0.1) is 12.5 Å². The Morgan fingerprint density at radius 2 is 1.69 bits per heavy atom. The zero-order valence-corrected chi connectivity index (χ0v) is 20.8. The summed E-state index contributed by atoms with van der Waals surface area (Å²) in [5, 5.41) is 11.6. The fraction of sp³-hybridized carbons (Fsp3) is 0.448. The lowest BCUT2D eigenvalue weighted by Gasteiger charge is -2.43. The molecule has 184 valence electrons. The van der Waals surface area contributed by atoms with Gasteiger partial charge < -0.3 is 19.5 Å². The number of nitrogens with zero attached hydrogens (tertiary/aromatic N) is 1. The van der Waals surface area contributed by atoms with Gasteiger partial charge in [-0.15, -0.1) is 0 Å². The molecule has 0 radical (unpaired) electrons. The van der Waals surface area contributed by atoms with Crippen LogP contribution >= 0.6 is 0 Å². The molecule has 0 bridgehead atoms. The van der Waals surface area contributed by atoms with Crippen LogP contribution in [0, 0.1) is 17.3 Å². The summed E-state index contributed by atoms with van der Waals surface area (Å²) in [6, 6.07) is 19.7. The summed E-state index contributed by atoms with van der Waals surface area (Å²) in [4.78, 5) is 29.2. The monoisotopic (exact) mass is 475 g/mol. The van der Waals surface area contributed by atoms with E-state index in [0.29, 0.717) is 25.0 Å². The first kappa shape index (κ1) is 23.8. The second-order valence-corrected chi connectivity index (χ2v) is 10.8. The quantitative estimate of drug-likeness (QED) is 0.641. The Balaban J connectivity index is 1.78. The second-order valence-electron chi connectivity index (χ2n) is 10.8. The molecule has 1 fully saturated rings. The van der Waals surface area contributed by atoms with Crippen LogP contribution < -0.4 is 0 Å². The van der Waals surface area contributed by atoms with E-state index in [4.69, 9.17) is 9.47 Å². The molecule has 6 heteroatoms. The Kier molecular flexibility index (Phi) is 5.65. The highest BCUT2D eigenvalue weighted by Crippen LogP contribution is 2.64.